The molecule has 0 aromatic rings. The Hall–Kier alpha value is -0.0800. The van der Waals surface area contributed by atoms with Gasteiger partial charge in [0.15, 0.2) is 0 Å². The van der Waals surface area contributed by atoms with E-state index < -0.39 is 0 Å². The lowest BCUT2D eigenvalue weighted by atomic mass is 10.1. The van der Waals surface area contributed by atoms with Crippen LogP contribution in [0.2, 0.25) is 0 Å². The zero-order valence-electron chi connectivity index (χ0n) is 9.93. The van der Waals surface area contributed by atoms with Crippen molar-refractivity contribution in [2.24, 2.45) is 0 Å². The Bertz CT molecular complexity index is 111. The van der Waals surface area contributed by atoms with Gasteiger partial charge in [-0.05, 0) is 46.8 Å². The Kier molecular flexibility index (Phi) is 7.29. The summed E-state index contributed by atoms with van der Waals surface area (Å²) in [6.07, 6.45) is 3.76. The van der Waals surface area contributed by atoms with Gasteiger partial charge >= 0.3 is 0 Å². The molecule has 0 aromatic carbocycles. The maximum Gasteiger partial charge on any atom is 0.00897 e. The highest BCUT2D eigenvalue weighted by Crippen LogP contribution is 2.11. The van der Waals surface area contributed by atoms with Gasteiger partial charge in [0.05, 0.1) is 0 Å². The molecule has 2 nitrogen and oxygen atoms in total. The van der Waals surface area contributed by atoms with Gasteiger partial charge in [-0.15, -0.1) is 0 Å². The van der Waals surface area contributed by atoms with Crippen LogP contribution in [0.1, 0.15) is 40.0 Å². The minimum absolute atomic E-state index is 0.692. The van der Waals surface area contributed by atoms with Crippen LogP contribution in [0.25, 0.3) is 0 Å². The van der Waals surface area contributed by atoms with E-state index in [9.17, 15) is 0 Å². The molecule has 80 valence electrons. The third-order valence-electron chi connectivity index (χ3n) is 3.03. The number of hydrogen-bond acceptors (Lipinski definition) is 2. The maximum atomic E-state index is 3.20. The molecular formula is C11H26N2. The van der Waals surface area contributed by atoms with E-state index in [1.54, 1.807) is 0 Å². The molecule has 0 fully saturated rings. The molecule has 0 saturated heterocycles. The van der Waals surface area contributed by atoms with Crippen molar-refractivity contribution >= 4 is 0 Å². The summed E-state index contributed by atoms with van der Waals surface area (Å²) in [6.45, 7) is 7.98. The largest absolute Gasteiger partial charge is 0.320 e. The van der Waals surface area contributed by atoms with E-state index in [2.05, 4.69) is 38.0 Å². The van der Waals surface area contributed by atoms with Gasteiger partial charge in [0.25, 0.3) is 0 Å². The van der Waals surface area contributed by atoms with Gasteiger partial charge in [0.2, 0.25) is 0 Å². The highest BCUT2D eigenvalue weighted by atomic mass is 15.2. The van der Waals surface area contributed by atoms with Crippen LogP contribution in [0.15, 0.2) is 0 Å². The number of nitrogens with zero attached hydrogens (tertiary/aromatic N) is 1. The van der Waals surface area contributed by atoms with Crippen LogP contribution < -0.4 is 5.32 Å². The van der Waals surface area contributed by atoms with E-state index in [0.29, 0.717) is 6.04 Å². The van der Waals surface area contributed by atoms with E-state index in [1.807, 2.05) is 7.05 Å². The highest BCUT2D eigenvalue weighted by Gasteiger charge is 2.15. The van der Waals surface area contributed by atoms with Crippen molar-refractivity contribution in [3.8, 4) is 0 Å². The number of nitrogens with one attached hydrogen (secondary N) is 1. The average molecular weight is 186 g/mol. The van der Waals surface area contributed by atoms with Crippen molar-refractivity contribution in [1.82, 2.24) is 10.2 Å². The summed E-state index contributed by atoms with van der Waals surface area (Å²) < 4.78 is 0. The summed E-state index contributed by atoms with van der Waals surface area (Å²) in [6, 6.07) is 1.45. The number of hydrogen-bond donors (Lipinski definition) is 1. The van der Waals surface area contributed by atoms with Crippen LogP contribution in [0, 0.1) is 0 Å². The predicted octanol–water partition coefficient (Wildman–Crippen LogP) is 2.10. The van der Waals surface area contributed by atoms with E-state index in [1.165, 1.54) is 19.3 Å². The monoisotopic (exact) mass is 186 g/mol. The summed E-state index contributed by atoms with van der Waals surface area (Å²) in [5, 5.41) is 3.20. The SMILES string of the molecule is CCC(CC)N(C)C(C)CCNC. The lowest BCUT2D eigenvalue weighted by molar-refractivity contribution is 0.167. The molecule has 2 heteroatoms. The topological polar surface area (TPSA) is 15.3 Å². The van der Waals surface area contributed by atoms with E-state index >= 15 is 0 Å². The van der Waals surface area contributed by atoms with Crippen LogP contribution in [0.5, 0.6) is 0 Å². The third-order valence-corrected chi connectivity index (χ3v) is 3.03. The molecule has 0 aliphatic heterocycles. The van der Waals surface area contributed by atoms with Crippen molar-refractivity contribution in [3.05, 3.63) is 0 Å². The van der Waals surface area contributed by atoms with Crippen molar-refractivity contribution in [1.29, 1.82) is 0 Å². The van der Waals surface area contributed by atoms with Crippen LogP contribution >= 0.6 is 0 Å². The van der Waals surface area contributed by atoms with Gasteiger partial charge in [-0.3, -0.25) is 0 Å². The highest BCUT2D eigenvalue weighted by molar-refractivity contribution is 4.71. The molecule has 0 amide bonds. The Morgan fingerprint density at radius 3 is 2.15 bits per heavy atom. The van der Waals surface area contributed by atoms with E-state index in [4.69, 9.17) is 0 Å². The minimum Gasteiger partial charge on any atom is -0.320 e. The van der Waals surface area contributed by atoms with Crippen molar-refractivity contribution in [2.75, 3.05) is 20.6 Å². The Morgan fingerprint density at radius 1 is 1.23 bits per heavy atom. The molecule has 0 aliphatic rings. The van der Waals surface area contributed by atoms with Gasteiger partial charge in [-0.1, -0.05) is 13.8 Å². The fourth-order valence-electron chi connectivity index (χ4n) is 1.78. The lowest BCUT2D eigenvalue weighted by Crippen LogP contribution is -2.39. The third kappa shape index (κ3) is 4.63. The zero-order valence-corrected chi connectivity index (χ0v) is 9.93. The molecular weight excluding hydrogens is 160 g/mol. The van der Waals surface area contributed by atoms with Crippen molar-refractivity contribution in [2.45, 2.75) is 52.1 Å². The standard InChI is InChI=1S/C11H26N2/c1-6-11(7-2)13(5)10(3)8-9-12-4/h10-12H,6-9H2,1-5H3. The normalized spacial score (nSPS) is 14.1. The quantitative estimate of drug-likeness (QED) is 0.655. The second kappa shape index (κ2) is 7.34. The number of rotatable bonds is 7. The molecule has 1 atom stereocenters. The van der Waals surface area contributed by atoms with Crippen LogP contribution in [-0.2, 0) is 0 Å². The van der Waals surface area contributed by atoms with Gasteiger partial charge in [-0.2, -0.15) is 0 Å². The Balaban J connectivity index is 3.83. The first-order chi connectivity index (χ1) is 6.17. The maximum absolute atomic E-state index is 3.20. The Labute approximate surface area is 83.7 Å². The first-order valence-corrected chi connectivity index (χ1v) is 5.53. The van der Waals surface area contributed by atoms with E-state index in [-0.39, 0.29) is 0 Å². The fraction of sp³-hybridized carbons (Fsp3) is 1.00. The molecule has 0 aliphatic carbocycles. The fourth-order valence-corrected chi connectivity index (χ4v) is 1.78. The predicted molar refractivity (Wildman–Crippen MR) is 60.1 cm³/mol. The zero-order chi connectivity index (χ0) is 10.3. The smallest absolute Gasteiger partial charge is 0.00897 e. The second-order valence-corrected chi connectivity index (χ2v) is 3.88. The summed E-state index contributed by atoms with van der Waals surface area (Å²) in [4.78, 5) is 2.51. The molecule has 13 heavy (non-hydrogen) atoms. The van der Waals surface area contributed by atoms with Gasteiger partial charge in [0, 0.05) is 12.1 Å². The molecule has 1 N–H and O–H groups in total. The van der Waals surface area contributed by atoms with Gasteiger partial charge in [-0.25, -0.2) is 0 Å². The molecule has 0 bridgehead atoms. The van der Waals surface area contributed by atoms with Crippen LogP contribution in [0.4, 0.5) is 0 Å². The first kappa shape index (κ1) is 12.9. The van der Waals surface area contributed by atoms with Gasteiger partial charge < -0.3 is 10.2 Å². The second-order valence-electron chi connectivity index (χ2n) is 3.88. The minimum atomic E-state index is 0.692. The summed E-state index contributed by atoms with van der Waals surface area (Å²) in [7, 11) is 4.27. The summed E-state index contributed by atoms with van der Waals surface area (Å²) in [5.74, 6) is 0. The molecule has 0 saturated carbocycles. The molecule has 0 aromatic heterocycles. The Morgan fingerprint density at radius 2 is 1.77 bits per heavy atom. The first-order valence-electron chi connectivity index (χ1n) is 5.53. The molecule has 0 spiro atoms. The summed E-state index contributed by atoms with van der Waals surface area (Å²) >= 11 is 0. The molecule has 0 rings (SSSR count). The van der Waals surface area contributed by atoms with Crippen molar-refractivity contribution in [3.63, 3.8) is 0 Å². The molecule has 1 unspecified atom stereocenters. The molecule has 0 radical (unpaired) electrons. The van der Waals surface area contributed by atoms with Gasteiger partial charge in [0.1, 0.15) is 0 Å². The van der Waals surface area contributed by atoms with E-state index in [0.717, 1.165) is 12.6 Å². The molecule has 0 heterocycles. The van der Waals surface area contributed by atoms with Crippen LogP contribution in [-0.4, -0.2) is 37.6 Å². The van der Waals surface area contributed by atoms with Crippen molar-refractivity contribution < 1.29 is 0 Å². The lowest BCUT2D eigenvalue weighted by Gasteiger charge is -2.32. The average Bonchev–Trinajstić information content (AvgIpc) is 2.15. The summed E-state index contributed by atoms with van der Waals surface area (Å²) in [5.41, 5.74) is 0. The van der Waals surface area contributed by atoms with Crippen LogP contribution in [0.3, 0.4) is 0 Å².